The Labute approximate surface area is 163 Å². The Morgan fingerprint density at radius 1 is 1.14 bits per heavy atom. The minimum absolute atomic E-state index is 0.160. The van der Waals surface area contributed by atoms with Crippen molar-refractivity contribution in [3.63, 3.8) is 0 Å². The fraction of sp³-hybridized carbons (Fsp3) is 0.278. The van der Waals surface area contributed by atoms with Crippen LogP contribution in [0.4, 0.5) is 10.5 Å². The Kier molecular flexibility index (Phi) is 5.61. The van der Waals surface area contributed by atoms with Gasteiger partial charge in [0, 0.05) is 26.3 Å². The molecule has 0 aliphatic rings. The zero-order valence-electron chi connectivity index (χ0n) is 15.9. The van der Waals surface area contributed by atoms with Crippen molar-refractivity contribution in [1.29, 1.82) is 0 Å². The average Bonchev–Trinajstić information content (AvgIpc) is 3.06. The molecule has 0 saturated heterocycles. The minimum Gasteiger partial charge on any atom is -0.336 e. The van der Waals surface area contributed by atoms with Crippen LogP contribution in [0.1, 0.15) is 5.56 Å². The number of amides is 2. The van der Waals surface area contributed by atoms with E-state index in [1.807, 2.05) is 31.2 Å². The van der Waals surface area contributed by atoms with E-state index in [1.54, 1.807) is 10.7 Å². The lowest BCUT2D eigenvalue weighted by molar-refractivity contribution is 0.251. The monoisotopic (exact) mass is 402 g/mol. The number of hydrogen-bond acceptors (Lipinski definition) is 5. The summed E-state index contributed by atoms with van der Waals surface area (Å²) in [5, 5.41) is 13.6. The zero-order chi connectivity index (χ0) is 20.3. The number of aryl methyl sites for hydroxylation is 1. The highest BCUT2D eigenvalue weighted by Gasteiger charge is 2.18. The first-order valence-electron chi connectivity index (χ1n) is 8.64. The van der Waals surface area contributed by atoms with Gasteiger partial charge in [0.25, 0.3) is 0 Å². The van der Waals surface area contributed by atoms with Crippen LogP contribution in [0.5, 0.6) is 0 Å². The van der Waals surface area contributed by atoms with Crippen LogP contribution in [0, 0.1) is 6.92 Å². The van der Waals surface area contributed by atoms with E-state index in [1.165, 1.54) is 26.2 Å². The quantitative estimate of drug-likeness (QED) is 0.654. The molecule has 148 valence electrons. The molecular weight excluding hydrogens is 380 g/mol. The minimum atomic E-state index is -3.53. The predicted molar refractivity (Wildman–Crippen MR) is 107 cm³/mol. The van der Waals surface area contributed by atoms with Crippen LogP contribution in [-0.4, -0.2) is 54.4 Å². The Bertz CT molecular complexity index is 1090. The standard InChI is InChI=1S/C18H22N6O3S/c1-13-4-6-14(7-5-13)20-18(25)19-10-11-24-17-9-8-15(12-16(17)21-22-24)28(26,27)23(2)3/h4-9,12H,10-11H2,1-3H3,(H2,19,20,25). The van der Waals surface area contributed by atoms with Crippen LogP contribution in [-0.2, 0) is 16.6 Å². The Balaban J connectivity index is 1.62. The number of nitrogens with one attached hydrogen (secondary N) is 2. The first-order valence-corrected chi connectivity index (χ1v) is 10.1. The molecule has 9 nitrogen and oxygen atoms in total. The summed E-state index contributed by atoms with van der Waals surface area (Å²) in [6.07, 6.45) is 0. The molecule has 2 amide bonds. The Hall–Kier alpha value is -2.98. The second-order valence-corrected chi connectivity index (χ2v) is 8.65. The highest BCUT2D eigenvalue weighted by molar-refractivity contribution is 7.89. The molecule has 0 fully saturated rings. The number of sulfonamides is 1. The van der Waals surface area contributed by atoms with Crippen LogP contribution >= 0.6 is 0 Å². The second kappa shape index (κ2) is 7.95. The van der Waals surface area contributed by atoms with Crippen molar-refractivity contribution >= 4 is 32.8 Å². The number of carbonyl (C=O) groups is 1. The van der Waals surface area contributed by atoms with Gasteiger partial charge in [-0.2, -0.15) is 0 Å². The van der Waals surface area contributed by atoms with Crippen LogP contribution in [0.3, 0.4) is 0 Å². The summed E-state index contributed by atoms with van der Waals surface area (Å²) in [4.78, 5) is 12.1. The maximum atomic E-state index is 12.2. The number of carbonyl (C=O) groups excluding carboxylic acids is 1. The van der Waals surface area contributed by atoms with Crippen molar-refractivity contribution in [2.45, 2.75) is 18.4 Å². The summed E-state index contributed by atoms with van der Waals surface area (Å²) in [6.45, 7) is 2.72. The molecule has 3 rings (SSSR count). The molecule has 10 heteroatoms. The molecule has 28 heavy (non-hydrogen) atoms. The molecule has 0 spiro atoms. The van der Waals surface area contributed by atoms with Gasteiger partial charge < -0.3 is 10.6 Å². The summed E-state index contributed by atoms with van der Waals surface area (Å²) in [5.74, 6) is 0. The molecule has 1 heterocycles. The summed E-state index contributed by atoms with van der Waals surface area (Å²) < 4.78 is 27.2. The van der Waals surface area contributed by atoms with E-state index in [4.69, 9.17) is 0 Å². The van der Waals surface area contributed by atoms with E-state index in [0.29, 0.717) is 29.8 Å². The van der Waals surface area contributed by atoms with Crippen molar-refractivity contribution in [1.82, 2.24) is 24.6 Å². The summed E-state index contributed by atoms with van der Waals surface area (Å²) in [6, 6.07) is 11.9. The summed E-state index contributed by atoms with van der Waals surface area (Å²) in [5.41, 5.74) is 3.00. The third kappa shape index (κ3) is 4.29. The van der Waals surface area contributed by atoms with E-state index in [9.17, 15) is 13.2 Å². The average molecular weight is 402 g/mol. The van der Waals surface area contributed by atoms with Gasteiger partial charge in [0.2, 0.25) is 10.0 Å². The van der Waals surface area contributed by atoms with E-state index >= 15 is 0 Å². The van der Waals surface area contributed by atoms with Gasteiger partial charge >= 0.3 is 6.03 Å². The molecule has 0 bridgehead atoms. The van der Waals surface area contributed by atoms with E-state index in [0.717, 1.165) is 9.87 Å². The van der Waals surface area contributed by atoms with Gasteiger partial charge in [-0.15, -0.1) is 5.10 Å². The number of rotatable bonds is 6. The van der Waals surface area contributed by atoms with Gasteiger partial charge in [-0.3, -0.25) is 0 Å². The van der Waals surface area contributed by atoms with E-state index < -0.39 is 10.0 Å². The summed E-state index contributed by atoms with van der Waals surface area (Å²) >= 11 is 0. The van der Waals surface area contributed by atoms with Crippen LogP contribution in [0.2, 0.25) is 0 Å². The first kappa shape index (κ1) is 19.8. The van der Waals surface area contributed by atoms with E-state index in [2.05, 4.69) is 20.9 Å². The van der Waals surface area contributed by atoms with Gasteiger partial charge in [-0.05, 0) is 37.3 Å². The normalized spacial score (nSPS) is 11.7. The highest BCUT2D eigenvalue weighted by Crippen LogP contribution is 2.19. The van der Waals surface area contributed by atoms with Crippen LogP contribution in [0.15, 0.2) is 47.4 Å². The van der Waals surface area contributed by atoms with Gasteiger partial charge in [0.15, 0.2) is 0 Å². The molecule has 2 N–H and O–H groups in total. The lowest BCUT2D eigenvalue weighted by Crippen LogP contribution is -2.31. The second-order valence-electron chi connectivity index (χ2n) is 6.50. The molecule has 0 aliphatic carbocycles. The van der Waals surface area contributed by atoms with Crippen molar-refractivity contribution in [2.75, 3.05) is 26.0 Å². The predicted octanol–water partition coefficient (Wildman–Crippen LogP) is 1.81. The molecule has 2 aromatic carbocycles. The number of hydrogen-bond donors (Lipinski definition) is 2. The number of nitrogens with zero attached hydrogens (tertiary/aromatic N) is 4. The number of fused-ring (bicyclic) bond motifs is 1. The molecule has 3 aromatic rings. The third-order valence-electron chi connectivity index (χ3n) is 4.18. The van der Waals surface area contributed by atoms with Crippen molar-refractivity contribution in [3.05, 3.63) is 48.0 Å². The fourth-order valence-electron chi connectivity index (χ4n) is 2.58. The van der Waals surface area contributed by atoms with Crippen molar-refractivity contribution in [3.8, 4) is 0 Å². The largest absolute Gasteiger partial charge is 0.336 e. The maximum Gasteiger partial charge on any atom is 0.319 e. The van der Waals surface area contributed by atoms with Crippen LogP contribution in [0.25, 0.3) is 11.0 Å². The van der Waals surface area contributed by atoms with Crippen molar-refractivity contribution < 1.29 is 13.2 Å². The Morgan fingerprint density at radius 3 is 2.54 bits per heavy atom. The lowest BCUT2D eigenvalue weighted by Gasteiger charge is -2.11. The number of aromatic nitrogens is 3. The van der Waals surface area contributed by atoms with Crippen molar-refractivity contribution in [2.24, 2.45) is 0 Å². The molecule has 0 atom stereocenters. The smallest absolute Gasteiger partial charge is 0.319 e. The zero-order valence-corrected chi connectivity index (χ0v) is 16.7. The third-order valence-corrected chi connectivity index (χ3v) is 5.99. The van der Waals surface area contributed by atoms with E-state index in [-0.39, 0.29) is 10.9 Å². The number of benzene rings is 2. The maximum absolute atomic E-state index is 12.2. The molecule has 0 radical (unpaired) electrons. The fourth-order valence-corrected chi connectivity index (χ4v) is 3.50. The number of anilines is 1. The summed E-state index contributed by atoms with van der Waals surface area (Å²) in [7, 11) is -0.577. The molecule has 0 unspecified atom stereocenters. The lowest BCUT2D eigenvalue weighted by atomic mass is 10.2. The Morgan fingerprint density at radius 2 is 1.86 bits per heavy atom. The van der Waals surface area contributed by atoms with Gasteiger partial charge in [0.05, 0.1) is 17.0 Å². The van der Waals surface area contributed by atoms with Crippen LogP contribution < -0.4 is 10.6 Å². The number of urea groups is 1. The molecule has 0 saturated carbocycles. The van der Waals surface area contributed by atoms with Gasteiger partial charge in [-0.1, -0.05) is 22.9 Å². The van der Waals surface area contributed by atoms with Gasteiger partial charge in [0.1, 0.15) is 5.52 Å². The molecular formula is C18H22N6O3S. The first-order chi connectivity index (χ1) is 13.3. The SMILES string of the molecule is Cc1ccc(NC(=O)NCCn2nnc3cc(S(=O)(=O)N(C)C)ccc32)cc1. The topological polar surface area (TPSA) is 109 Å². The highest BCUT2D eigenvalue weighted by atomic mass is 32.2. The van der Waals surface area contributed by atoms with Gasteiger partial charge in [-0.25, -0.2) is 22.2 Å². The molecule has 1 aromatic heterocycles. The molecule has 0 aliphatic heterocycles.